The fourth-order valence-corrected chi connectivity index (χ4v) is 7.98. The van der Waals surface area contributed by atoms with Crippen molar-refractivity contribution in [3.63, 3.8) is 0 Å². The number of ketones is 2. The Bertz CT molecular complexity index is 2760. The van der Waals surface area contributed by atoms with Crippen molar-refractivity contribution in [2.24, 2.45) is 5.92 Å². The molecule has 0 saturated heterocycles. The number of imidazole rings is 1. The van der Waals surface area contributed by atoms with Gasteiger partial charge in [0, 0.05) is 23.6 Å². The average Bonchev–Trinajstić information content (AvgIpc) is 3.82. The molecule has 0 fully saturated rings. The number of halogens is 2. The number of nitrogens with zero attached hydrogens (tertiary/aromatic N) is 5. The number of amides is 1. The zero-order chi connectivity index (χ0) is 37.5. The first-order chi connectivity index (χ1) is 26.1. The highest BCUT2D eigenvalue weighted by Gasteiger charge is 2.27. The molecule has 1 N–H and O–H groups in total. The van der Waals surface area contributed by atoms with E-state index in [9.17, 15) is 14.4 Å². The predicted molar refractivity (Wildman–Crippen MR) is 214 cm³/mol. The lowest BCUT2D eigenvalue weighted by atomic mass is 9.79. The standard InChI is InChI=1S/C22H14Cl2N6OS.C20H16O2/c23-16-6-5-15(7-17(16)24)13-1-3-14(4-2-13)19-9-26-22(32-19)29-20(31)10-30-12-28-21-18(30)8-25-11-27-21;1-11-9-17-13(12(2)20(11)22)7-8-15-14-5-3-4-6-16(14)19(21)10-18(15)17/h1-9,11-12H,10H2,(H,26,29,31);3-12H,1-2H3. The first-order valence-corrected chi connectivity index (χ1v) is 18.7. The molecule has 3 heterocycles. The van der Waals surface area contributed by atoms with Crippen LogP contribution < -0.4 is 15.8 Å². The van der Waals surface area contributed by atoms with Gasteiger partial charge in [0.2, 0.25) is 5.91 Å². The van der Waals surface area contributed by atoms with Crippen molar-refractivity contribution in [1.29, 1.82) is 0 Å². The Morgan fingerprint density at radius 2 is 1.57 bits per heavy atom. The number of carbonyl (C=O) groups is 3. The third-order valence-electron chi connectivity index (χ3n) is 9.63. The minimum Gasteiger partial charge on any atom is -0.318 e. The van der Waals surface area contributed by atoms with Gasteiger partial charge in [-0.25, -0.2) is 19.9 Å². The Labute approximate surface area is 323 Å². The molecule has 2 atom stereocenters. The SMILES string of the molecule is CC1C=c2c(ccc3c2=CC(=O)c2ccccc2-3)C(C)C1=O.O=C(Cn1cnc2ncncc21)Nc1ncc(-c2ccc(-c3ccc(Cl)c(Cl)c3)cc2)s1. The van der Waals surface area contributed by atoms with Crippen molar-refractivity contribution in [2.45, 2.75) is 26.3 Å². The van der Waals surface area contributed by atoms with Gasteiger partial charge in [-0.05, 0) is 62.0 Å². The van der Waals surface area contributed by atoms with Gasteiger partial charge >= 0.3 is 0 Å². The summed E-state index contributed by atoms with van der Waals surface area (Å²) in [7, 11) is 0. The van der Waals surface area contributed by atoms with Crippen LogP contribution in [0.4, 0.5) is 5.13 Å². The quantitative estimate of drug-likeness (QED) is 0.189. The zero-order valence-electron chi connectivity index (χ0n) is 29.0. The predicted octanol–water partition coefficient (Wildman–Crippen LogP) is 8.00. The second-order valence-corrected chi connectivity index (χ2v) is 14.9. The van der Waals surface area contributed by atoms with E-state index in [1.165, 1.54) is 17.7 Å². The van der Waals surface area contributed by atoms with Crippen molar-refractivity contribution in [1.82, 2.24) is 24.5 Å². The number of rotatable bonds is 5. The Balaban J connectivity index is 0.000000164. The van der Waals surface area contributed by atoms with Crippen molar-refractivity contribution < 1.29 is 14.4 Å². The van der Waals surface area contributed by atoms with Crippen LogP contribution in [0.2, 0.25) is 10.0 Å². The minimum atomic E-state index is -0.205. The Hall–Kier alpha value is -5.81. The zero-order valence-corrected chi connectivity index (χ0v) is 31.3. The molecule has 7 aromatic rings. The number of carbonyl (C=O) groups excluding carboxylic acids is 3. The van der Waals surface area contributed by atoms with E-state index in [0.717, 1.165) is 54.3 Å². The van der Waals surface area contributed by atoms with Crippen molar-refractivity contribution in [2.75, 3.05) is 5.32 Å². The van der Waals surface area contributed by atoms with Gasteiger partial charge in [0.1, 0.15) is 24.2 Å². The molecule has 0 spiro atoms. The van der Waals surface area contributed by atoms with Crippen LogP contribution in [0, 0.1) is 5.92 Å². The van der Waals surface area contributed by atoms with E-state index in [2.05, 4.69) is 25.3 Å². The number of benzene rings is 4. The molecule has 0 bridgehead atoms. The van der Waals surface area contributed by atoms with Crippen LogP contribution in [0.3, 0.4) is 0 Å². The van der Waals surface area contributed by atoms with Crippen molar-refractivity contribution in [3.05, 3.63) is 136 Å². The van der Waals surface area contributed by atoms with Crippen LogP contribution in [-0.4, -0.2) is 42.0 Å². The maximum atomic E-state index is 12.5. The highest BCUT2D eigenvalue weighted by molar-refractivity contribution is 7.19. The Morgan fingerprint density at radius 1 is 0.815 bits per heavy atom. The number of Topliss-reactive ketones (excluding diaryl/α,β-unsaturated/α-hetero) is 2. The van der Waals surface area contributed by atoms with E-state index >= 15 is 0 Å². The molecule has 4 aromatic carbocycles. The van der Waals surface area contributed by atoms with E-state index in [4.69, 9.17) is 23.2 Å². The molecule has 12 heteroatoms. The third kappa shape index (κ3) is 6.75. The first kappa shape index (κ1) is 35.2. The number of aromatic nitrogens is 5. The summed E-state index contributed by atoms with van der Waals surface area (Å²) >= 11 is 13.5. The minimum absolute atomic E-state index is 0.0436. The molecule has 2 unspecified atom stereocenters. The van der Waals surface area contributed by atoms with Crippen molar-refractivity contribution in [3.8, 4) is 32.7 Å². The highest BCUT2D eigenvalue weighted by atomic mass is 35.5. The summed E-state index contributed by atoms with van der Waals surface area (Å²) in [5.74, 6) is -0.128. The van der Waals surface area contributed by atoms with Crippen LogP contribution in [0.15, 0.2) is 104 Å². The lowest BCUT2D eigenvalue weighted by Gasteiger charge is -2.23. The average molecular weight is 770 g/mol. The molecular weight excluding hydrogens is 739 g/mol. The Kier molecular flexibility index (Phi) is 9.49. The lowest BCUT2D eigenvalue weighted by Crippen LogP contribution is -2.40. The van der Waals surface area contributed by atoms with E-state index in [-0.39, 0.29) is 35.9 Å². The first-order valence-electron chi connectivity index (χ1n) is 17.1. The van der Waals surface area contributed by atoms with Gasteiger partial charge < -0.3 is 9.88 Å². The molecule has 2 aliphatic rings. The molecule has 3 aromatic heterocycles. The topological polar surface area (TPSA) is 120 Å². The molecule has 9 nitrogen and oxygen atoms in total. The summed E-state index contributed by atoms with van der Waals surface area (Å²) in [6.45, 7) is 3.98. The van der Waals surface area contributed by atoms with E-state index in [1.807, 2.05) is 92.7 Å². The summed E-state index contributed by atoms with van der Waals surface area (Å²) in [5.41, 5.74) is 8.12. The lowest BCUT2D eigenvalue weighted by molar-refractivity contribution is -0.122. The highest BCUT2D eigenvalue weighted by Crippen LogP contribution is 2.33. The number of hydrogen-bond donors (Lipinski definition) is 1. The molecule has 0 saturated carbocycles. The molecule has 2 aliphatic carbocycles. The second-order valence-electron chi connectivity index (χ2n) is 13.1. The van der Waals surface area contributed by atoms with Gasteiger partial charge in [0.15, 0.2) is 16.6 Å². The van der Waals surface area contributed by atoms with E-state index in [1.54, 1.807) is 35.4 Å². The molecule has 9 rings (SSSR count). The maximum absolute atomic E-state index is 12.5. The molecule has 0 radical (unpaired) electrons. The molecule has 54 heavy (non-hydrogen) atoms. The van der Waals surface area contributed by atoms with E-state index < -0.39 is 0 Å². The van der Waals surface area contributed by atoms with Gasteiger partial charge in [-0.2, -0.15) is 0 Å². The van der Waals surface area contributed by atoms with Crippen LogP contribution in [0.5, 0.6) is 0 Å². The van der Waals surface area contributed by atoms with Crippen LogP contribution in [-0.2, 0) is 16.1 Å². The van der Waals surface area contributed by atoms with E-state index in [0.29, 0.717) is 26.3 Å². The molecule has 1 amide bonds. The summed E-state index contributed by atoms with van der Waals surface area (Å²) in [4.78, 5) is 54.6. The molecule has 0 aliphatic heterocycles. The second kappa shape index (κ2) is 14.5. The fourth-order valence-electron chi connectivity index (χ4n) is 6.84. The Morgan fingerprint density at radius 3 is 2.37 bits per heavy atom. The van der Waals surface area contributed by atoms with Gasteiger partial charge in [-0.1, -0.05) is 121 Å². The van der Waals surface area contributed by atoms with Gasteiger partial charge in [-0.15, -0.1) is 0 Å². The van der Waals surface area contributed by atoms with Gasteiger partial charge in [-0.3, -0.25) is 14.4 Å². The number of anilines is 1. The number of hydrogen-bond acceptors (Lipinski definition) is 8. The third-order valence-corrected chi connectivity index (χ3v) is 11.3. The maximum Gasteiger partial charge on any atom is 0.246 e. The molecular formula is C42H30Cl2N6O3S. The smallest absolute Gasteiger partial charge is 0.246 e. The van der Waals surface area contributed by atoms with Gasteiger partial charge in [0.05, 0.1) is 27.4 Å². The largest absolute Gasteiger partial charge is 0.318 e. The normalized spacial score (nSPS) is 15.6. The summed E-state index contributed by atoms with van der Waals surface area (Å²) in [6, 6.07) is 25.4. The number of thiazole rings is 1. The van der Waals surface area contributed by atoms with Crippen molar-refractivity contribution >= 4 is 80.5 Å². The van der Waals surface area contributed by atoms with Gasteiger partial charge in [0.25, 0.3) is 0 Å². The van der Waals surface area contributed by atoms with Crippen LogP contribution in [0.1, 0.15) is 35.7 Å². The summed E-state index contributed by atoms with van der Waals surface area (Å²) < 4.78 is 1.70. The monoisotopic (exact) mass is 768 g/mol. The van der Waals surface area contributed by atoms with Crippen LogP contribution in [0.25, 0.3) is 56.0 Å². The molecule has 266 valence electrons. The number of nitrogens with one attached hydrogen (secondary N) is 1. The number of fused-ring (bicyclic) bond motifs is 6. The van der Waals surface area contributed by atoms with Crippen LogP contribution >= 0.6 is 34.5 Å². The summed E-state index contributed by atoms with van der Waals surface area (Å²) in [6.07, 6.45) is 10.1. The fraction of sp³-hybridized carbons (Fsp3) is 0.119. The summed E-state index contributed by atoms with van der Waals surface area (Å²) in [5, 5.41) is 6.43.